The van der Waals surface area contributed by atoms with Gasteiger partial charge in [0.2, 0.25) is 0 Å². The number of methoxy groups -OCH3 is 1. The first-order valence-corrected chi connectivity index (χ1v) is 7.59. The number of hydrogen-bond donors (Lipinski definition) is 0. The molecule has 3 rings (SSSR count). The van der Waals surface area contributed by atoms with Crippen molar-refractivity contribution in [2.75, 3.05) is 25.1 Å². The Balaban J connectivity index is 1.82. The summed E-state index contributed by atoms with van der Waals surface area (Å²) < 4.78 is 5.88. The molecule has 1 fully saturated rings. The van der Waals surface area contributed by atoms with E-state index in [0.29, 0.717) is 12.3 Å². The Kier molecular flexibility index (Phi) is 3.56. The van der Waals surface area contributed by atoms with Gasteiger partial charge in [-0.05, 0) is 30.7 Å². The molecular formula is C14H17N3O2S. The highest BCUT2D eigenvalue weighted by atomic mass is 32.1. The molecule has 3 heterocycles. The largest absolute Gasteiger partial charge is 0.469 e. The maximum absolute atomic E-state index is 11.4. The Morgan fingerprint density at radius 3 is 3.20 bits per heavy atom. The standard InChI is InChI=1S/C14H17N3O2S/c1-9-15-11-4-6-20-13(11)14(16-9)17-5-3-10(8-17)7-12(18)19-2/h4,6,10H,3,5,7-8H2,1-2H3/t10-/m1/s1. The summed E-state index contributed by atoms with van der Waals surface area (Å²) >= 11 is 1.67. The van der Waals surface area contributed by atoms with Crippen molar-refractivity contribution in [3.05, 3.63) is 17.3 Å². The van der Waals surface area contributed by atoms with Gasteiger partial charge in [-0.3, -0.25) is 4.79 Å². The first kappa shape index (κ1) is 13.3. The molecule has 0 amide bonds. The first-order chi connectivity index (χ1) is 9.67. The minimum Gasteiger partial charge on any atom is -0.469 e. The van der Waals surface area contributed by atoms with Gasteiger partial charge in [0.15, 0.2) is 0 Å². The third-order valence-corrected chi connectivity index (χ3v) is 4.57. The predicted octanol–water partition coefficient (Wildman–Crippen LogP) is 2.39. The van der Waals surface area contributed by atoms with Crippen LogP contribution in [0.2, 0.25) is 0 Å². The summed E-state index contributed by atoms with van der Waals surface area (Å²) in [6.07, 6.45) is 1.50. The van der Waals surface area contributed by atoms with E-state index in [1.807, 2.05) is 18.4 Å². The number of fused-ring (bicyclic) bond motifs is 1. The van der Waals surface area contributed by atoms with E-state index in [1.54, 1.807) is 11.3 Å². The molecule has 6 heteroatoms. The number of thiophene rings is 1. The zero-order chi connectivity index (χ0) is 14.1. The maximum atomic E-state index is 11.4. The van der Waals surface area contributed by atoms with E-state index in [0.717, 1.165) is 41.4 Å². The molecule has 1 atom stereocenters. The Labute approximate surface area is 121 Å². The van der Waals surface area contributed by atoms with Gasteiger partial charge in [0.25, 0.3) is 0 Å². The Morgan fingerprint density at radius 2 is 2.40 bits per heavy atom. The second-order valence-electron chi connectivity index (χ2n) is 5.11. The number of rotatable bonds is 3. The van der Waals surface area contributed by atoms with Crippen molar-refractivity contribution < 1.29 is 9.53 Å². The maximum Gasteiger partial charge on any atom is 0.305 e. The summed E-state index contributed by atoms with van der Waals surface area (Å²) in [6, 6.07) is 2.03. The van der Waals surface area contributed by atoms with Crippen molar-refractivity contribution in [1.82, 2.24) is 9.97 Å². The molecular weight excluding hydrogens is 274 g/mol. The Bertz CT molecular complexity index is 640. The second-order valence-corrected chi connectivity index (χ2v) is 6.03. The zero-order valence-corrected chi connectivity index (χ0v) is 12.4. The van der Waals surface area contributed by atoms with Crippen molar-refractivity contribution >= 4 is 33.3 Å². The number of aryl methyl sites for hydroxylation is 1. The van der Waals surface area contributed by atoms with Gasteiger partial charge in [0.1, 0.15) is 11.6 Å². The number of esters is 1. The lowest BCUT2D eigenvalue weighted by Gasteiger charge is -2.18. The number of nitrogens with zero attached hydrogens (tertiary/aromatic N) is 3. The highest BCUT2D eigenvalue weighted by molar-refractivity contribution is 7.17. The number of carbonyl (C=O) groups excluding carboxylic acids is 1. The van der Waals surface area contributed by atoms with E-state index >= 15 is 0 Å². The average Bonchev–Trinajstić information content (AvgIpc) is 3.06. The number of anilines is 1. The van der Waals surface area contributed by atoms with E-state index in [1.165, 1.54) is 7.11 Å². The van der Waals surface area contributed by atoms with Crippen LogP contribution < -0.4 is 4.90 Å². The summed E-state index contributed by atoms with van der Waals surface area (Å²) in [5, 5.41) is 2.05. The highest BCUT2D eigenvalue weighted by Crippen LogP contribution is 2.32. The number of carbonyl (C=O) groups is 1. The van der Waals surface area contributed by atoms with Crippen LogP contribution in [-0.4, -0.2) is 36.1 Å². The summed E-state index contributed by atoms with van der Waals surface area (Å²) in [7, 11) is 1.44. The van der Waals surface area contributed by atoms with Crippen LogP contribution in [0.15, 0.2) is 11.4 Å². The fourth-order valence-electron chi connectivity index (χ4n) is 2.69. The van der Waals surface area contributed by atoms with E-state index in [9.17, 15) is 4.79 Å². The van der Waals surface area contributed by atoms with E-state index in [-0.39, 0.29) is 5.97 Å². The van der Waals surface area contributed by atoms with Gasteiger partial charge in [-0.15, -0.1) is 11.3 Å². The molecule has 106 valence electrons. The minimum atomic E-state index is -0.128. The Hall–Kier alpha value is -1.69. The molecule has 1 saturated heterocycles. The quantitative estimate of drug-likeness (QED) is 0.813. The molecule has 0 radical (unpaired) electrons. The topological polar surface area (TPSA) is 55.3 Å². The molecule has 1 aliphatic rings. The number of ether oxygens (including phenoxy) is 1. The monoisotopic (exact) mass is 291 g/mol. The molecule has 1 aliphatic heterocycles. The Morgan fingerprint density at radius 1 is 1.55 bits per heavy atom. The van der Waals surface area contributed by atoms with Crippen LogP contribution in [0.4, 0.5) is 5.82 Å². The van der Waals surface area contributed by atoms with Gasteiger partial charge >= 0.3 is 5.97 Å². The molecule has 0 aromatic carbocycles. The molecule has 0 bridgehead atoms. The molecule has 0 N–H and O–H groups in total. The summed E-state index contributed by atoms with van der Waals surface area (Å²) in [6.45, 7) is 3.71. The highest BCUT2D eigenvalue weighted by Gasteiger charge is 2.27. The van der Waals surface area contributed by atoms with Crippen LogP contribution >= 0.6 is 11.3 Å². The van der Waals surface area contributed by atoms with Crippen molar-refractivity contribution in [3.8, 4) is 0 Å². The SMILES string of the molecule is COC(=O)C[C@H]1CCN(c2nc(C)nc3ccsc23)C1. The minimum absolute atomic E-state index is 0.128. The zero-order valence-electron chi connectivity index (χ0n) is 11.6. The fourth-order valence-corrected chi connectivity index (χ4v) is 3.53. The van der Waals surface area contributed by atoms with Gasteiger partial charge in [-0.1, -0.05) is 0 Å². The van der Waals surface area contributed by atoms with Crippen LogP contribution in [0.3, 0.4) is 0 Å². The van der Waals surface area contributed by atoms with Crippen LogP contribution in [0.5, 0.6) is 0 Å². The van der Waals surface area contributed by atoms with Gasteiger partial charge in [0, 0.05) is 13.1 Å². The van der Waals surface area contributed by atoms with E-state index in [4.69, 9.17) is 4.74 Å². The summed E-state index contributed by atoms with van der Waals surface area (Å²) in [4.78, 5) is 22.7. The number of hydrogen-bond acceptors (Lipinski definition) is 6. The van der Waals surface area contributed by atoms with Crippen molar-refractivity contribution in [2.24, 2.45) is 5.92 Å². The molecule has 5 nitrogen and oxygen atoms in total. The molecule has 0 unspecified atom stereocenters. The van der Waals surface area contributed by atoms with Crippen molar-refractivity contribution in [3.63, 3.8) is 0 Å². The van der Waals surface area contributed by atoms with Crippen LogP contribution in [0.25, 0.3) is 10.2 Å². The first-order valence-electron chi connectivity index (χ1n) is 6.71. The second kappa shape index (κ2) is 5.36. The molecule has 20 heavy (non-hydrogen) atoms. The van der Waals surface area contributed by atoms with Gasteiger partial charge < -0.3 is 9.64 Å². The van der Waals surface area contributed by atoms with Gasteiger partial charge in [0.05, 0.1) is 23.7 Å². The average molecular weight is 291 g/mol. The fraction of sp³-hybridized carbons (Fsp3) is 0.500. The van der Waals surface area contributed by atoms with E-state index in [2.05, 4.69) is 14.9 Å². The predicted molar refractivity (Wildman–Crippen MR) is 79.1 cm³/mol. The summed E-state index contributed by atoms with van der Waals surface area (Å²) in [5.41, 5.74) is 1.01. The summed E-state index contributed by atoms with van der Waals surface area (Å²) in [5.74, 6) is 2.03. The van der Waals surface area contributed by atoms with Gasteiger partial charge in [-0.2, -0.15) is 0 Å². The van der Waals surface area contributed by atoms with E-state index < -0.39 is 0 Å². The van der Waals surface area contributed by atoms with Crippen molar-refractivity contribution in [1.29, 1.82) is 0 Å². The lowest BCUT2D eigenvalue weighted by Crippen LogP contribution is -2.22. The molecule has 0 spiro atoms. The smallest absolute Gasteiger partial charge is 0.305 e. The van der Waals surface area contributed by atoms with Crippen LogP contribution in [-0.2, 0) is 9.53 Å². The van der Waals surface area contributed by atoms with Crippen LogP contribution in [0.1, 0.15) is 18.7 Å². The lowest BCUT2D eigenvalue weighted by molar-refractivity contribution is -0.141. The third-order valence-electron chi connectivity index (χ3n) is 3.67. The molecule has 2 aromatic rings. The molecule has 0 saturated carbocycles. The van der Waals surface area contributed by atoms with Gasteiger partial charge in [-0.25, -0.2) is 9.97 Å². The molecule has 2 aromatic heterocycles. The van der Waals surface area contributed by atoms with Crippen LogP contribution in [0, 0.1) is 12.8 Å². The van der Waals surface area contributed by atoms with Crippen molar-refractivity contribution in [2.45, 2.75) is 19.8 Å². The lowest BCUT2D eigenvalue weighted by atomic mass is 10.1. The normalized spacial score (nSPS) is 18.7. The molecule has 0 aliphatic carbocycles. The number of aromatic nitrogens is 2. The third kappa shape index (κ3) is 2.47.